The number of hydrogen-bond donors (Lipinski definition) is 1. The molecule has 0 fully saturated rings. The maximum absolute atomic E-state index is 12.3. The Bertz CT molecular complexity index is 711. The van der Waals surface area contributed by atoms with Crippen LogP contribution in [0.3, 0.4) is 0 Å². The molecule has 0 unspecified atom stereocenters. The van der Waals surface area contributed by atoms with Crippen molar-refractivity contribution in [2.75, 3.05) is 13.7 Å². The van der Waals surface area contributed by atoms with Crippen molar-refractivity contribution in [1.29, 1.82) is 0 Å². The molecule has 2 aromatic rings. The number of halogens is 3. The van der Waals surface area contributed by atoms with Gasteiger partial charge in [0, 0.05) is 12.7 Å². The van der Waals surface area contributed by atoms with Crippen molar-refractivity contribution in [2.24, 2.45) is 0 Å². The molecule has 140 valence electrons. The average Bonchev–Trinajstić information content (AvgIpc) is 2.63. The summed E-state index contributed by atoms with van der Waals surface area (Å²) < 4.78 is 46.0. The molecule has 0 radical (unpaired) electrons. The summed E-state index contributed by atoms with van der Waals surface area (Å²) in [6.45, 7) is 2.18. The Morgan fingerprint density at radius 2 is 1.65 bits per heavy atom. The van der Waals surface area contributed by atoms with E-state index < -0.39 is 17.9 Å². The van der Waals surface area contributed by atoms with Gasteiger partial charge in [-0.25, -0.2) is 0 Å². The zero-order chi connectivity index (χ0) is 19.2. The predicted octanol–water partition coefficient (Wildman–Crippen LogP) is 4.27. The number of alkyl halides is 3. The monoisotopic (exact) mass is 367 g/mol. The Kier molecular flexibility index (Phi) is 6.26. The molecule has 1 N–H and O–H groups in total. The van der Waals surface area contributed by atoms with Crippen LogP contribution in [0.2, 0.25) is 0 Å². The largest absolute Gasteiger partial charge is 0.573 e. The van der Waals surface area contributed by atoms with Crippen LogP contribution in [-0.4, -0.2) is 25.9 Å². The van der Waals surface area contributed by atoms with Gasteiger partial charge < -0.3 is 14.8 Å². The first-order chi connectivity index (χ1) is 12.3. The van der Waals surface area contributed by atoms with Gasteiger partial charge in [0.25, 0.3) is 5.91 Å². The summed E-state index contributed by atoms with van der Waals surface area (Å²) in [5, 5.41) is 2.78. The molecule has 1 amide bonds. The van der Waals surface area contributed by atoms with Crippen molar-refractivity contribution in [3.8, 4) is 5.75 Å². The standard InChI is InChI=1S/C19H20F3NO3/c1-3-18(25-2,15-7-5-4-6-8-15)13-23-17(24)14-9-11-16(12-10-14)26-19(20,21)22/h4-12H,3,13H2,1-2H3,(H,23,24)/t18-/m0/s1. The second kappa shape index (κ2) is 8.23. The van der Waals surface area contributed by atoms with Crippen molar-refractivity contribution in [3.63, 3.8) is 0 Å². The molecule has 0 aliphatic carbocycles. The van der Waals surface area contributed by atoms with E-state index in [0.29, 0.717) is 6.42 Å². The fraction of sp³-hybridized carbons (Fsp3) is 0.316. The Balaban J connectivity index is 2.06. The van der Waals surface area contributed by atoms with Crippen LogP contribution in [0.1, 0.15) is 29.3 Å². The molecule has 2 rings (SSSR count). The minimum Gasteiger partial charge on any atom is -0.406 e. The molecule has 4 nitrogen and oxygen atoms in total. The molecule has 26 heavy (non-hydrogen) atoms. The van der Waals surface area contributed by atoms with Gasteiger partial charge in [-0.1, -0.05) is 37.3 Å². The number of carbonyl (C=O) groups is 1. The number of ether oxygens (including phenoxy) is 2. The third kappa shape index (κ3) is 4.98. The summed E-state index contributed by atoms with van der Waals surface area (Å²) in [5.41, 5.74) is 0.476. The lowest BCUT2D eigenvalue weighted by atomic mass is 9.90. The van der Waals surface area contributed by atoms with Crippen LogP contribution < -0.4 is 10.1 Å². The summed E-state index contributed by atoms with van der Waals surface area (Å²) in [4.78, 5) is 12.3. The van der Waals surface area contributed by atoms with Crippen LogP contribution in [0, 0.1) is 0 Å². The second-order valence-electron chi connectivity index (χ2n) is 5.67. The number of benzene rings is 2. The van der Waals surface area contributed by atoms with Gasteiger partial charge in [-0.3, -0.25) is 4.79 Å². The SMILES string of the molecule is CC[C@@](CNC(=O)c1ccc(OC(F)(F)F)cc1)(OC)c1ccccc1. The minimum atomic E-state index is -4.77. The molecule has 0 spiro atoms. The van der Waals surface area contributed by atoms with E-state index in [1.165, 1.54) is 12.1 Å². The highest BCUT2D eigenvalue weighted by atomic mass is 19.4. The van der Waals surface area contributed by atoms with Crippen molar-refractivity contribution in [3.05, 3.63) is 65.7 Å². The van der Waals surface area contributed by atoms with Gasteiger partial charge in [0.2, 0.25) is 0 Å². The highest BCUT2D eigenvalue weighted by molar-refractivity contribution is 5.94. The van der Waals surface area contributed by atoms with Crippen molar-refractivity contribution in [1.82, 2.24) is 5.32 Å². The number of rotatable bonds is 7. The number of nitrogens with one attached hydrogen (secondary N) is 1. The van der Waals surface area contributed by atoms with E-state index in [9.17, 15) is 18.0 Å². The van der Waals surface area contributed by atoms with Gasteiger partial charge in [0.05, 0.1) is 6.54 Å². The van der Waals surface area contributed by atoms with Gasteiger partial charge in [0.1, 0.15) is 11.4 Å². The van der Waals surface area contributed by atoms with Gasteiger partial charge in [-0.05, 0) is 36.2 Å². The zero-order valence-electron chi connectivity index (χ0n) is 14.5. The van der Waals surface area contributed by atoms with Crippen LogP contribution in [0.5, 0.6) is 5.75 Å². The Morgan fingerprint density at radius 1 is 1.04 bits per heavy atom. The Labute approximate surface area is 149 Å². The molecule has 0 aromatic heterocycles. The van der Waals surface area contributed by atoms with Gasteiger partial charge >= 0.3 is 6.36 Å². The lowest BCUT2D eigenvalue weighted by Crippen LogP contribution is -2.41. The summed E-state index contributed by atoms with van der Waals surface area (Å²) in [5.74, 6) is -0.785. The molecule has 2 aromatic carbocycles. The minimum absolute atomic E-state index is 0.226. The van der Waals surface area contributed by atoms with E-state index in [4.69, 9.17) is 4.74 Å². The Hall–Kier alpha value is -2.54. The topological polar surface area (TPSA) is 47.6 Å². The van der Waals surface area contributed by atoms with Crippen LogP contribution in [-0.2, 0) is 10.3 Å². The third-order valence-electron chi connectivity index (χ3n) is 4.15. The fourth-order valence-corrected chi connectivity index (χ4v) is 2.64. The highest BCUT2D eigenvalue weighted by Crippen LogP contribution is 2.28. The quantitative estimate of drug-likeness (QED) is 0.795. The lowest BCUT2D eigenvalue weighted by molar-refractivity contribution is -0.274. The third-order valence-corrected chi connectivity index (χ3v) is 4.15. The molecular formula is C19H20F3NO3. The van der Waals surface area contributed by atoms with E-state index in [-0.39, 0.29) is 17.9 Å². The highest BCUT2D eigenvalue weighted by Gasteiger charge is 2.32. The maximum Gasteiger partial charge on any atom is 0.573 e. The molecule has 0 aliphatic rings. The molecule has 0 saturated heterocycles. The summed E-state index contributed by atoms with van der Waals surface area (Å²) >= 11 is 0. The van der Waals surface area contributed by atoms with E-state index in [0.717, 1.165) is 17.7 Å². The first kappa shape index (κ1) is 19.8. The molecule has 0 bridgehead atoms. The van der Waals surface area contributed by atoms with Gasteiger partial charge in [-0.2, -0.15) is 0 Å². The number of amides is 1. The van der Waals surface area contributed by atoms with Crippen LogP contribution >= 0.6 is 0 Å². The normalized spacial score (nSPS) is 13.7. The molecule has 0 aliphatic heterocycles. The Morgan fingerprint density at radius 3 is 2.15 bits per heavy atom. The van der Waals surface area contributed by atoms with E-state index >= 15 is 0 Å². The van der Waals surface area contributed by atoms with Crippen molar-refractivity contribution >= 4 is 5.91 Å². The van der Waals surface area contributed by atoms with Gasteiger partial charge in [-0.15, -0.1) is 13.2 Å². The molecule has 0 saturated carbocycles. The van der Waals surface area contributed by atoms with E-state index in [1.54, 1.807) is 7.11 Å². The zero-order valence-corrected chi connectivity index (χ0v) is 14.5. The van der Waals surface area contributed by atoms with E-state index in [2.05, 4.69) is 10.1 Å². The fourth-order valence-electron chi connectivity index (χ4n) is 2.64. The van der Waals surface area contributed by atoms with E-state index in [1.807, 2.05) is 37.3 Å². The number of carbonyl (C=O) groups excluding carboxylic acids is 1. The second-order valence-corrected chi connectivity index (χ2v) is 5.67. The summed E-state index contributed by atoms with van der Waals surface area (Å²) in [7, 11) is 1.58. The smallest absolute Gasteiger partial charge is 0.406 e. The first-order valence-electron chi connectivity index (χ1n) is 8.04. The molecular weight excluding hydrogens is 347 g/mol. The van der Waals surface area contributed by atoms with Crippen molar-refractivity contribution < 1.29 is 27.4 Å². The maximum atomic E-state index is 12.3. The van der Waals surface area contributed by atoms with Crippen LogP contribution in [0.4, 0.5) is 13.2 Å². The summed E-state index contributed by atoms with van der Waals surface area (Å²) in [6, 6.07) is 14.3. The average molecular weight is 367 g/mol. The number of methoxy groups -OCH3 is 1. The number of hydrogen-bond acceptors (Lipinski definition) is 3. The first-order valence-corrected chi connectivity index (χ1v) is 8.04. The van der Waals surface area contributed by atoms with Gasteiger partial charge in [0.15, 0.2) is 0 Å². The predicted molar refractivity (Wildman–Crippen MR) is 90.9 cm³/mol. The lowest BCUT2D eigenvalue weighted by Gasteiger charge is -2.32. The molecule has 0 heterocycles. The molecule has 7 heteroatoms. The molecule has 1 atom stereocenters. The van der Waals surface area contributed by atoms with Crippen LogP contribution in [0.15, 0.2) is 54.6 Å². The van der Waals surface area contributed by atoms with Crippen LogP contribution in [0.25, 0.3) is 0 Å². The van der Waals surface area contributed by atoms with Crippen molar-refractivity contribution in [2.45, 2.75) is 25.3 Å². The summed E-state index contributed by atoms with van der Waals surface area (Å²) in [6.07, 6.45) is -4.13.